The van der Waals surface area contributed by atoms with E-state index in [1.54, 1.807) is 4.90 Å². The molecule has 120 valence electrons. The summed E-state index contributed by atoms with van der Waals surface area (Å²) in [5.74, 6) is -1.39. The van der Waals surface area contributed by atoms with Gasteiger partial charge in [-0.25, -0.2) is 0 Å². The molecule has 0 saturated carbocycles. The molecule has 4 nitrogen and oxygen atoms in total. The average Bonchev–Trinajstić information content (AvgIpc) is 2.53. The van der Waals surface area contributed by atoms with Gasteiger partial charge in [0.25, 0.3) is 5.91 Å². The third-order valence-electron chi connectivity index (χ3n) is 4.62. The number of nitrogens with zero attached hydrogens (tertiary/aromatic N) is 1. The first-order valence-electron chi connectivity index (χ1n) is 7.70. The third kappa shape index (κ3) is 3.11. The molecular formula is C18H18BrNO3. The van der Waals surface area contributed by atoms with Gasteiger partial charge >= 0.3 is 5.97 Å². The number of carbonyl (C=O) groups is 2. The van der Waals surface area contributed by atoms with Crippen LogP contribution in [0, 0.1) is 5.92 Å². The van der Waals surface area contributed by atoms with E-state index in [-0.39, 0.29) is 11.9 Å². The zero-order valence-electron chi connectivity index (χ0n) is 12.8. The van der Waals surface area contributed by atoms with Crippen molar-refractivity contribution in [2.24, 2.45) is 5.92 Å². The minimum Gasteiger partial charge on any atom is -0.481 e. The summed E-state index contributed by atoms with van der Waals surface area (Å²) in [6.45, 7) is 2.44. The van der Waals surface area contributed by atoms with Gasteiger partial charge in [0.2, 0.25) is 0 Å². The molecule has 0 unspecified atom stereocenters. The SMILES string of the molecule is C[C@@H]1[C@H](C(=O)O)CCCN1C(=O)c1ccc2cc(Br)ccc2c1. The monoisotopic (exact) mass is 375 g/mol. The topological polar surface area (TPSA) is 57.6 Å². The highest BCUT2D eigenvalue weighted by Crippen LogP contribution is 2.27. The van der Waals surface area contributed by atoms with Crippen molar-refractivity contribution in [3.05, 3.63) is 46.4 Å². The molecule has 1 heterocycles. The summed E-state index contributed by atoms with van der Waals surface area (Å²) >= 11 is 3.44. The molecule has 0 aliphatic carbocycles. The lowest BCUT2D eigenvalue weighted by molar-refractivity contribution is -0.144. The smallest absolute Gasteiger partial charge is 0.308 e. The second-order valence-electron chi connectivity index (χ2n) is 6.03. The number of piperidine rings is 1. The summed E-state index contributed by atoms with van der Waals surface area (Å²) < 4.78 is 0.998. The fourth-order valence-corrected chi connectivity index (χ4v) is 3.65. The molecule has 0 aromatic heterocycles. The summed E-state index contributed by atoms with van der Waals surface area (Å²) in [5, 5.41) is 11.4. The molecular weight excluding hydrogens is 358 g/mol. The number of benzene rings is 2. The van der Waals surface area contributed by atoms with Crippen LogP contribution in [0.2, 0.25) is 0 Å². The van der Waals surface area contributed by atoms with Crippen LogP contribution in [0.3, 0.4) is 0 Å². The Bertz CT molecular complexity index is 774. The summed E-state index contributed by atoms with van der Waals surface area (Å²) in [6, 6.07) is 11.3. The van der Waals surface area contributed by atoms with Crippen LogP contribution >= 0.6 is 15.9 Å². The number of carboxylic acids is 1. The Morgan fingerprint density at radius 3 is 2.61 bits per heavy atom. The van der Waals surface area contributed by atoms with Gasteiger partial charge in [0.15, 0.2) is 0 Å². The van der Waals surface area contributed by atoms with E-state index in [0.717, 1.165) is 21.7 Å². The van der Waals surface area contributed by atoms with Crippen molar-refractivity contribution < 1.29 is 14.7 Å². The molecule has 0 spiro atoms. The van der Waals surface area contributed by atoms with Crippen LogP contribution in [0.1, 0.15) is 30.1 Å². The summed E-state index contributed by atoms with van der Waals surface area (Å²) in [5.41, 5.74) is 0.609. The number of hydrogen-bond acceptors (Lipinski definition) is 2. The predicted octanol–water partition coefficient (Wildman–Crippen LogP) is 3.93. The van der Waals surface area contributed by atoms with Gasteiger partial charge in [0.05, 0.1) is 5.92 Å². The lowest BCUT2D eigenvalue weighted by Gasteiger charge is -2.37. The van der Waals surface area contributed by atoms with Crippen molar-refractivity contribution in [3.63, 3.8) is 0 Å². The summed E-state index contributed by atoms with van der Waals surface area (Å²) in [4.78, 5) is 25.8. The maximum Gasteiger partial charge on any atom is 0.308 e. The van der Waals surface area contributed by atoms with Crippen LogP contribution in [-0.2, 0) is 4.79 Å². The number of hydrogen-bond donors (Lipinski definition) is 1. The minimum atomic E-state index is -0.821. The van der Waals surface area contributed by atoms with E-state index in [9.17, 15) is 14.7 Å². The minimum absolute atomic E-state index is 0.0896. The van der Waals surface area contributed by atoms with Crippen LogP contribution in [0.25, 0.3) is 10.8 Å². The highest BCUT2D eigenvalue weighted by molar-refractivity contribution is 9.10. The van der Waals surface area contributed by atoms with Gasteiger partial charge in [-0.15, -0.1) is 0 Å². The molecule has 5 heteroatoms. The molecule has 3 rings (SSSR count). The van der Waals surface area contributed by atoms with Crippen LogP contribution in [-0.4, -0.2) is 34.5 Å². The van der Waals surface area contributed by atoms with E-state index in [2.05, 4.69) is 15.9 Å². The molecule has 1 fully saturated rings. The highest BCUT2D eigenvalue weighted by atomic mass is 79.9. The van der Waals surface area contributed by atoms with Crippen molar-refractivity contribution >= 4 is 38.6 Å². The third-order valence-corrected chi connectivity index (χ3v) is 5.11. The van der Waals surface area contributed by atoms with E-state index >= 15 is 0 Å². The molecule has 1 N–H and O–H groups in total. The molecule has 1 aliphatic rings. The number of fused-ring (bicyclic) bond motifs is 1. The van der Waals surface area contributed by atoms with Crippen molar-refractivity contribution in [1.29, 1.82) is 0 Å². The summed E-state index contributed by atoms with van der Waals surface area (Å²) in [7, 11) is 0. The highest BCUT2D eigenvalue weighted by Gasteiger charge is 2.35. The lowest BCUT2D eigenvalue weighted by atomic mass is 9.89. The van der Waals surface area contributed by atoms with Gasteiger partial charge in [-0.1, -0.05) is 28.1 Å². The van der Waals surface area contributed by atoms with Crippen molar-refractivity contribution in [1.82, 2.24) is 4.90 Å². The number of rotatable bonds is 2. The van der Waals surface area contributed by atoms with Crippen molar-refractivity contribution in [2.45, 2.75) is 25.8 Å². The second kappa shape index (κ2) is 6.32. The Balaban J connectivity index is 1.90. The molecule has 2 aromatic rings. The van der Waals surface area contributed by atoms with Crippen LogP contribution in [0.15, 0.2) is 40.9 Å². The average molecular weight is 376 g/mol. The van der Waals surface area contributed by atoms with Gasteiger partial charge in [-0.2, -0.15) is 0 Å². The summed E-state index contributed by atoms with van der Waals surface area (Å²) in [6.07, 6.45) is 1.36. The quantitative estimate of drug-likeness (QED) is 0.864. The maximum atomic E-state index is 12.8. The van der Waals surface area contributed by atoms with E-state index in [1.807, 2.05) is 43.3 Å². The van der Waals surface area contributed by atoms with E-state index in [1.165, 1.54) is 0 Å². The number of carboxylic acid groups (broad SMARTS) is 1. The molecule has 1 amide bonds. The fourth-order valence-electron chi connectivity index (χ4n) is 3.28. The first-order chi connectivity index (χ1) is 11.0. The van der Waals surface area contributed by atoms with Gasteiger partial charge < -0.3 is 10.0 Å². The number of halogens is 1. The van der Waals surface area contributed by atoms with Crippen molar-refractivity contribution in [3.8, 4) is 0 Å². The lowest BCUT2D eigenvalue weighted by Crippen LogP contribution is -2.49. The van der Waals surface area contributed by atoms with Crippen LogP contribution < -0.4 is 0 Å². The van der Waals surface area contributed by atoms with Gasteiger partial charge in [-0.3, -0.25) is 9.59 Å². The van der Waals surface area contributed by atoms with Crippen LogP contribution in [0.5, 0.6) is 0 Å². The van der Waals surface area contributed by atoms with Crippen LogP contribution in [0.4, 0.5) is 0 Å². The number of carbonyl (C=O) groups excluding carboxylic acids is 1. The fraction of sp³-hybridized carbons (Fsp3) is 0.333. The van der Waals surface area contributed by atoms with Gasteiger partial charge in [-0.05, 0) is 54.8 Å². The van der Waals surface area contributed by atoms with E-state index < -0.39 is 11.9 Å². The largest absolute Gasteiger partial charge is 0.481 e. The number of aliphatic carboxylic acids is 1. The van der Waals surface area contributed by atoms with E-state index in [4.69, 9.17) is 0 Å². The van der Waals surface area contributed by atoms with Crippen molar-refractivity contribution in [2.75, 3.05) is 6.54 Å². The Kier molecular flexibility index (Phi) is 4.39. The Morgan fingerprint density at radius 1 is 1.17 bits per heavy atom. The molecule has 2 aromatic carbocycles. The molecule has 2 atom stereocenters. The predicted molar refractivity (Wildman–Crippen MR) is 92.5 cm³/mol. The Labute approximate surface area is 143 Å². The molecule has 23 heavy (non-hydrogen) atoms. The second-order valence-corrected chi connectivity index (χ2v) is 6.95. The Morgan fingerprint density at radius 2 is 1.87 bits per heavy atom. The zero-order chi connectivity index (χ0) is 16.6. The molecule has 0 radical (unpaired) electrons. The zero-order valence-corrected chi connectivity index (χ0v) is 14.4. The molecule has 0 bridgehead atoms. The standard InChI is InChI=1S/C18H18BrNO3/c1-11-16(18(22)23)3-2-8-20(11)17(21)14-5-4-13-10-15(19)7-6-12(13)9-14/h4-7,9-11,16H,2-3,8H2,1H3,(H,22,23)/t11-,16-/m1/s1. The maximum absolute atomic E-state index is 12.8. The number of likely N-dealkylation sites (tertiary alicyclic amines) is 1. The first-order valence-corrected chi connectivity index (χ1v) is 8.50. The van der Waals surface area contributed by atoms with Gasteiger partial charge in [0.1, 0.15) is 0 Å². The number of amides is 1. The first kappa shape index (κ1) is 16.0. The van der Waals surface area contributed by atoms with E-state index in [0.29, 0.717) is 18.5 Å². The normalized spacial score (nSPS) is 21.4. The van der Waals surface area contributed by atoms with Gasteiger partial charge in [0, 0.05) is 22.6 Å². The Hall–Kier alpha value is -1.88. The molecule has 1 saturated heterocycles. The molecule has 1 aliphatic heterocycles.